The molecule has 0 bridgehead atoms. The van der Waals surface area contributed by atoms with Gasteiger partial charge in [-0.1, -0.05) is 23.7 Å². The third kappa shape index (κ3) is 3.19. The molecule has 0 aromatic heterocycles. The first kappa shape index (κ1) is 15.2. The molecule has 116 valence electrons. The molecule has 1 heterocycles. The largest absolute Gasteiger partial charge is 0.504 e. The zero-order chi connectivity index (χ0) is 15.5. The van der Waals surface area contributed by atoms with Gasteiger partial charge in [-0.3, -0.25) is 4.90 Å². The second kappa shape index (κ2) is 6.57. The highest BCUT2D eigenvalue weighted by Gasteiger charge is 2.19. The Morgan fingerprint density at radius 3 is 2.82 bits per heavy atom. The summed E-state index contributed by atoms with van der Waals surface area (Å²) in [6.07, 6.45) is 0. The SMILES string of the molecule is OCCN1CCOc2c(O)cc(-c3cccc(Cl)c3)cc2C1. The van der Waals surface area contributed by atoms with Crippen LogP contribution >= 0.6 is 11.6 Å². The molecule has 0 unspecified atom stereocenters. The number of aromatic hydroxyl groups is 1. The average molecular weight is 320 g/mol. The molecule has 0 aliphatic carbocycles. The molecule has 0 saturated heterocycles. The maximum Gasteiger partial charge on any atom is 0.165 e. The third-order valence-electron chi connectivity index (χ3n) is 3.77. The number of rotatable bonds is 3. The molecule has 0 radical (unpaired) electrons. The van der Waals surface area contributed by atoms with Gasteiger partial charge in [0.25, 0.3) is 0 Å². The summed E-state index contributed by atoms with van der Waals surface area (Å²) in [6.45, 7) is 2.55. The van der Waals surface area contributed by atoms with Crippen LogP contribution in [0.4, 0.5) is 0 Å². The van der Waals surface area contributed by atoms with Gasteiger partial charge in [0.05, 0.1) is 6.61 Å². The molecule has 0 fully saturated rings. The van der Waals surface area contributed by atoms with E-state index in [1.165, 1.54) is 0 Å². The summed E-state index contributed by atoms with van der Waals surface area (Å²) in [4.78, 5) is 2.10. The van der Waals surface area contributed by atoms with E-state index in [2.05, 4.69) is 4.90 Å². The monoisotopic (exact) mass is 319 g/mol. The molecular weight excluding hydrogens is 302 g/mol. The van der Waals surface area contributed by atoms with Crippen molar-refractivity contribution in [3.63, 3.8) is 0 Å². The molecule has 2 aromatic carbocycles. The summed E-state index contributed by atoms with van der Waals surface area (Å²) >= 11 is 6.05. The number of aliphatic hydroxyl groups excluding tert-OH is 1. The minimum Gasteiger partial charge on any atom is -0.504 e. The van der Waals surface area contributed by atoms with Crippen molar-refractivity contribution in [1.82, 2.24) is 4.90 Å². The number of fused-ring (bicyclic) bond motifs is 1. The Bertz CT molecular complexity index is 675. The van der Waals surface area contributed by atoms with Crippen molar-refractivity contribution in [2.24, 2.45) is 0 Å². The normalized spacial score (nSPS) is 15.0. The van der Waals surface area contributed by atoms with Crippen LogP contribution in [-0.2, 0) is 6.54 Å². The fourth-order valence-corrected chi connectivity index (χ4v) is 2.91. The third-order valence-corrected chi connectivity index (χ3v) is 4.00. The predicted molar refractivity (Wildman–Crippen MR) is 86.4 cm³/mol. The Balaban J connectivity index is 2.00. The van der Waals surface area contributed by atoms with Gasteiger partial charge in [0, 0.05) is 30.2 Å². The van der Waals surface area contributed by atoms with Crippen LogP contribution in [0.3, 0.4) is 0 Å². The van der Waals surface area contributed by atoms with E-state index in [1.807, 2.05) is 30.3 Å². The van der Waals surface area contributed by atoms with Crippen molar-refractivity contribution in [3.05, 3.63) is 47.0 Å². The van der Waals surface area contributed by atoms with Crippen LogP contribution in [-0.4, -0.2) is 41.4 Å². The van der Waals surface area contributed by atoms with Gasteiger partial charge in [0.15, 0.2) is 11.5 Å². The smallest absolute Gasteiger partial charge is 0.165 e. The number of β-amino-alcohol motifs (C(OH)–C–C–N with tert-alkyl or cyclic N) is 1. The maximum atomic E-state index is 10.3. The van der Waals surface area contributed by atoms with Crippen LogP contribution in [0.2, 0.25) is 5.02 Å². The molecule has 0 amide bonds. The number of halogens is 1. The van der Waals surface area contributed by atoms with E-state index in [0.717, 1.165) is 23.2 Å². The first-order chi connectivity index (χ1) is 10.7. The molecule has 3 rings (SSSR count). The molecule has 0 saturated carbocycles. The number of aliphatic hydroxyl groups is 1. The fourth-order valence-electron chi connectivity index (χ4n) is 2.72. The van der Waals surface area contributed by atoms with E-state index in [9.17, 15) is 5.11 Å². The van der Waals surface area contributed by atoms with Gasteiger partial charge < -0.3 is 14.9 Å². The lowest BCUT2D eigenvalue weighted by Crippen LogP contribution is -2.28. The van der Waals surface area contributed by atoms with Gasteiger partial charge in [-0.2, -0.15) is 0 Å². The summed E-state index contributed by atoms with van der Waals surface area (Å²) in [7, 11) is 0. The Kier molecular flexibility index (Phi) is 4.52. The van der Waals surface area contributed by atoms with Gasteiger partial charge >= 0.3 is 0 Å². The second-order valence-corrected chi connectivity index (χ2v) is 5.78. The van der Waals surface area contributed by atoms with Gasteiger partial charge in [-0.05, 0) is 35.4 Å². The molecule has 1 aliphatic heterocycles. The van der Waals surface area contributed by atoms with Gasteiger partial charge in [0.2, 0.25) is 0 Å². The number of phenolic OH excluding ortho intramolecular Hbond substituents is 1. The molecule has 1 aliphatic rings. The van der Waals surface area contributed by atoms with Crippen molar-refractivity contribution >= 4 is 11.6 Å². The molecule has 0 atom stereocenters. The molecule has 4 nitrogen and oxygen atoms in total. The van der Waals surface area contributed by atoms with Gasteiger partial charge in [0.1, 0.15) is 6.61 Å². The zero-order valence-electron chi connectivity index (χ0n) is 12.1. The Hall–Kier alpha value is -1.75. The fraction of sp³-hybridized carbons (Fsp3) is 0.294. The summed E-state index contributed by atoms with van der Waals surface area (Å²) < 4.78 is 5.67. The summed E-state index contributed by atoms with van der Waals surface area (Å²) in [5.41, 5.74) is 2.76. The molecule has 5 heteroatoms. The summed E-state index contributed by atoms with van der Waals surface area (Å²) in [5.74, 6) is 0.671. The number of hydrogen-bond acceptors (Lipinski definition) is 4. The van der Waals surface area contributed by atoms with Gasteiger partial charge in [-0.25, -0.2) is 0 Å². The van der Waals surface area contributed by atoms with Crippen molar-refractivity contribution in [2.45, 2.75) is 6.54 Å². The number of nitrogens with zero attached hydrogens (tertiary/aromatic N) is 1. The number of benzene rings is 2. The average Bonchev–Trinajstić information content (AvgIpc) is 2.70. The van der Waals surface area contributed by atoms with E-state index in [-0.39, 0.29) is 12.4 Å². The van der Waals surface area contributed by atoms with E-state index < -0.39 is 0 Å². The zero-order valence-corrected chi connectivity index (χ0v) is 12.9. The number of hydrogen-bond donors (Lipinski definition) is 2. The van der Waals surface area contributed by atoms with Crippen LogP contribution < -0.4 is 4.74 Å². The Morgan fingerprint density at radius 2 is 2.05 bits per heavy atom. The van der Waals surface area contributed by atoms with Crippen LogP contribution in [0.1, 0.15) is 5.56 Å². The van der Waals surface area contributed by atoms with Crippen LogP contribution in [0.5, 0.6) is 11.5 Å². The van der Waals surface area contributed by atoms with Crippen LogP contribution in [0.15, 0.2) is 36.4 Å². The molecule has 2 aromatic rings. The van der Waals surface area contributed by atoms with E-state index in [1.54, 1.807) is 6.07 Å². The van der Waals surface area contributed by atoms with E-state index >= 15 is 0 Å². The molecule has 22 heavy (non-hydrogen) atoms. The van der Waals surface area contributed by atoms with Crippen LogP contribution in [0.25, 0.3) is 11.1 Å². The molecular formula is C17H18ClNO3. The van der Waals surface area contributed by atoms with Crippen molar-refractivity contribution in [1.29, 1.82) is 0 Å². The summed E-state index contributed by atoms with van der Waals surface area (Å²) in [6, 6.07) is 11.2. The highest BCUT2D eigenvalue weighted by atomic mass is 35.5. The topological polar surface area (TPSA) is 52.9 Å². The number of ether oxygens (including phenoxy) is 1. The lowest BCUT2D eigenvalue weighted by Gasteiger charge is -2.18. The minimum atomic E-state index is 0.106. The first-order valence-electron chi connectivity index (χ1n) is 7.25. The first-order valence-corrected chi connectivity index (χ1v) is 7.63. The molecule has 2 N–H and O–H groups in total. The quantitative estimate of drug-likeness (QED) is 0.913. The second-order valence-electron chi connectivity index (χ2n) is 5.34. The molecule has 0 spiro atoms. The van der Waals surface area contributed by atoms with E-state index in [4.69, 9.17) is 21.4 Å². The standard InChI is InChI=1S/C17H18ClNO3/c18-15-3-1-2-12(9-15)13-8-14-11-19(4-6-20)5-7-22-17(14)16(21)10-13/h1-3,8-10,20-21H,4-7,11H2. The Labute approximate surface area is 134 Å². The maximum absolute atomic E-state index is 10.3. The predicted octanol–water partition coefficient (Wildman–Crippen LogP) is 2.90. The highest BCUT2D eigenvalue weighted by molar-refractivity contribution is 6.30. The number of phenols is 1. The van der Waals surface area contributed by atoms with Crippen molar-refractivity contribution in [2.75, 3.05) is 26.3 Å². The van der Waals surface area contributed by atoms with E-state index in [0.29, 0.717) is 30.5 Å². The van der Waals surface area contributed by atoms with Gasteiger partial charge in [-0.15, -0.1) is 0 Å². The highest BCUT2D eigenvalue weighted by Crippen LogP contribution is 2.37. The van der Waals surface area contributed by atoms with Crippen molar-refractivity contribution < 1.29 is 14.9 Å². The summed E-state index contributed by atoms with van der Waals surface area (Å²) in [5, 5.41) is 20.1. The Morgan fingerprint density at radius 1 is 1.18 bits per heavy atom. The van der Waals surface area contributed by atoms with Crippen molar-refractivity contribution in [3.8, 4) is 22.6 Å². The lowest BCUT2D eigenvalue weighted by atomic mass is 10.0. The minimum absolute atomic E-state index is 0.106. The van der Waals surface area contributed by atoms with Crippen LogP contribution in [0, 0.1) is 0 Å². The lowest BCUT2D eigenvalue weighted by molar-refractivity contribution is 0.176.